The van der Waals surface area contributed by atoms with Crippen LogP contribution in [0, 0.1) is 11.8 Å². The maximum Gasteiger partial charge on any atom is 0.310 e. The Kier molecular flexibility index (Phi) is 6.20. The number of carbonyl (C=O) groups is 2. The van der Waals surface area contributed by atoms with Crippen LogP contribution in [0.2, 0.25) is 0 Å². The van der Waals surface area contributed by atoms with Crippen molar-refractivity contribution in [1.82, 2.24) is 0 Å². The molecule has 3 unspecified atom stereocenters. The first-order chi connectivity index (χ1) is 17.0. The van der Waals surface area contributed by atoms with E-state index < -0.39 is 29.6 Å². The van der Waals surface area contributed by atoms with Crippen molar-refractivity contribution in [3.8, 4) is 11.5 Å². The van der Waals surface area contributed by atoms with Crippen LogP contribution in [0.15, 0.2) is 72.8 Å². The second-order valence-electron chi connectivity index (χ2n) is 9.16. The van der Waals surface area contributed by atoms with Crippen LogP contribution in [0.25, 0.3) is 0 Å². The van der Waals surface area contributed by atoms with Gasteiger partial charge in [0.05, 0.1) is 26.1 Å². The number of carbonyl (C=O) groups excluding carboxylic acids is 1. The van der Waals surface area contributed by atoms with E-state index in [-0.39, 0.29) is 12.1 Å². The smallest absolute Gasteiger partial charge is 0.310 e. The predicted octanol–water partition coefficient (Wildman–Crippen LogP) is 4.61. The van der Waals surface area contributed by atoms with Gasteiger partial charge in [0, 0.05) is 24.7 Å². The highest BCUT2D eigenvalue weighted by atomic mass is 16.5. The topological polar surface area (TPSA) is 82.1 Å². The molecule has 0 aromatic heterocycles. The van der Waals surface area contributed by atoms with E-state index in [0.29, 0.717) is 35.5 Å². The molecular weight excluding hydrogens is 444 g/mol. The zero-order chi connectivity index (χ0) is 24.5. The lowest BCUT2D eigenvalue weighted by molar-refractivity contribution is -0.167. The standard InChI is InChI=1S/C29H28O6/c1-33-22-13-7-5-11-20(22)24-26(28(30)31)25(21-12-6-8-14-23(21)34-2)27(24)29(32)35-19-15-17-9-3-4-10-18(17)16-19/h3-14,19,24-27H,15-16H2,1-2H3,(H,30,31)/t24-,25?,26?,27?/m1/s1. The van der Waals surface area contributed by atoms with E-state index in [1.54, 1.807) is 26.4 Å². The van der Waals surface area contributed by atoms with Crippen LogP contribution >= 0.6 is 0 Å². The molecule has 3 aromatic rings. The van der Waals surface area contributed by atoms with E-state index in [9.17, 15) is 14.7 Å². The summed E-state index contributed by atoms with van der Waals surface area (Å²) in [5, 5.41) is 10.3. The number of hydrogen-bond donors (Lipinski definition) is 1. The van der Waals surface area contributed by atoms with Gasteiger partial charge in [0.1, 0.15) is 17.6 Å². The first-order valence-corrected chi connectivity index (χ1v) is 11.8. The van der Waals surface area contributed by atoms with Crippen molar-refractivity contribution < 1.29 is 28.9 Å². The Morgan fingerprint density at radius 2 is 1.17 bits per heavy atom. The predicted molar refractivity (Wildman–Crippen MR) is 130 cm³/mol. The van der Waals surface area contributed by atoms with E-state index in [2.05, 4.69) is 12.1 Å². The number of para-hydroxylation sites is 2. The van der Waals surface area contributed by atoms with Crippen LogP contribution in [-0.4, -0.2) is 37.4 Å². The molecular formula is C29H28O6. The highest BCUT2D eigenvalue weighted by Gasteiger charge is 2.60. The third-order valence-corrected chi connectivity index (χ3v) is 7.40. The molecule has 0 heterocycles. The van der Waals surface area contributed by atoms with Crippen molar-refractivity contribution in [2.45, 2.75) is 30.8 Å². The fourth-order valence-corrected chi connectivity index (χ4v) is 5.85. The normalized spacial score (nSPS) is 23.1. The van der Waals surface area contributed by atoms with E-state index in [1.807, 2.05) is 48.5 Å². The molecule has 5 rings (SSSR count). The van der Waals surface area contributed by atoms with Gasteiger partial charge in [0.25, 0.3) is 0 Å². The summed E-state index contributed by atoms with van der Waals surface area (Å²) in [4.78, 5) is 26.3. The zero-order valence-corrected chi connectivity index (χ0v) is 19.7. The summed E-state index contributed by atoms with van der Waals surface area (Å²) in [5.74, 6) is -2.92. The largest absolute Gasteiger partial charge is 0.496 e. The van der Waals surface area contributed by atoms with Crippen LogP contribution in [0.5, 0.6) is 11.5 Å². The van der Waals surface area contributed by atoms with Gasteiger partial charge in [0.2, 0.25) is 0 Å². The number of ether oxygens (including phenoxy) is 3. The maximum atomic E-state index is 13.8. The monoisotopic (exact) mass is 472 g/mol. The number of hydrogen-bond acceptors (Lipinski definition) is 5. The molecule has 0 saturated heterocycles. The van der Waals surface area contributed by atoms with Gasteiger partial charge in [-0.1, -0.05) is 60.7 Å². The number of carboxylic acids is 1. The first-order valence-electron chi connectivity index (χ1n) is 11.8. The fraction of sp³-hybridized carbons (Fsp3) is 0.310. The highest BCUT2D eigenvalue weighted by molar-refractivity contribution is 5.85. The van der Waals surface area contributed by atoms with Gasteiger partial charge in [-0.05, 0) is 34.4 Å². The van der Waals surface area contributed by atoms with Gasteiger partial charge in [-0.2, -0.15) is 0 Å². The number of rotatable bonds is 7. The van der Waals surface area contributed by atoms with Crippen molar-refractivity contribution in [2.24, 2.45) is 11.8 Å². The summed E-state index contributed by atoms with van der Waals surface area (Å²) in [6.07, 6.45) is 1.06. The SMILES string of the molecule is COc1ccccc1C1C(C(=O)O)[C@@H](c2ccccc2OC)C1C(=O)OC1Cc2ccccc2C1. The molecule has 2 aliphatic rings. The fourth-order valence-electron chi connectivity index (χ4n) is 5.85. The highest BCUT2D eigenvalue weighted by Crippen LogP contribution is 2.60. The summed E-state index contributed by atoms with van der Waals surface area (Å²) in [6, 6.07) is 22.7. The van der Waals surface area contributed by atoms with Gasteiger partial charge < -0.3 is 19.3 Å². The van der Waals surface area contributed by atoms with Crippen molar-refractivity contribution in [3.63, 3.8) is 0 Å². The Hall–Kier alpha value is -3.80. The van der Waals surface area contributed by atoms with E-state index in [4.69, 9.17) is 14.2 Å². The van der Waals surface area contributed by atoms with E-state index in [0.717, 1.165) is 0 Å². The summed E-state index contributed by atoms with van der Waals surface area (Å²) in [7, 11) is 3.10. The Labute approximate surface area is 204 Å². The number of methoxy groups -OCH3 is 2. The molecule has 6 heteroatoms. The lowest BCUT2D eigenvalue weighted by atomic mass is 9.52. The third kappa shape index (κ3) is 4.03. The molecule has 0 spiro atoms. The number of fused-ring (bicyclic) bond motifs is 1. The van der Waals surface area contributed by atoms with Crippen LogP contribution in [0.4, 0.5) is 0 Å². The van der Waals surface area contributed by atoms with Crippen LogP contribution < -0.4 is 9.47 Å². The molecule has 4 atom stereocenters. The van der Waals surface area contributed by atoms with Crippen LogP contribution in [-0.2, 0) is 27.2 Å². The molecule has 1 fully saturated rings. The third-order valence-electron chi connectivity index (χ3n) is 7.40. The van der Waals surface area contributed by atoms with Gasteiger partial charge in [-0.15, -0.1) is 0 Å². The molecule has 1 N–H and O–H groups in total. The molecule has 3 aromatic carbocycles. The molecule has 2 aliphatic carbocycles. The summed E-state index contributed by atoms with van der Waals surface area (Å²) >= 11 is 0. The van der Waals surface area contributed by atoms with Gasteiger partial charge >= 0.3 is 11.9 Å². The average Bonchev–Trinajstić information content (AvgIpc) is 3.26. The van der Waals surface area contributed by atoms with Gasteiger partial charge in [0.15, 0.2) is 0 Å². The van der Waals surface area contributed by atoms with Crippen molar-refractivity contribution in [1.29, 1.82) is 0 Å². The van der Waals surface area contributed by atoms with Crippen molar-refractivity contribution >= 4 is 11.9 Å². The Bertz CT molecular complexity index is 1170. The van der Waals surface area contributed by atoms with Crippen molar-refractivity contribution in [3.05, 3.63) is 95.1 Å². The second-order valence-corrected chi connectivity index (χ2v) is 9.16. The molecule has 0 radical (unpaired) electrons. The maximum absolute atomic E-state index is 13.8. The quantitative estimate of drug-likeness (QED) is 0.506. The first kappa shape index (κ1) is 23.0. The van der Waals surface area contributed by atoms with E-state index >= 15 is 0 Å². The summed E-state index contributed by atoms with van der Waals surface area (Å²) in [5.41, 5.74) is 3.77. The molecule has 0 bridgehead atoms. The van der Waals surface area contributed by atoms with Crippen LogP contribution in [0.1, 0.15) is 34.1 Å². The number of esters is 1. The summed E-state index contributed by atoms with van der Waals surface area (Å²) < 4.78 is 17.2. The Balaban J connectivity index is 1.53. The average molecular weight is 473 g/mol. The van der Waals surface area contributed by atoms with Crippen molar-refractivity contribution in [2.75, 3.05) is 14.2 Å². The van der Waals surface area contributed by atoms with E-state index in [1.165, 1.54) is 11.1 Å². The van der Waals surface area contributed by atoms with Gasteiger partial charge in [-0.25, -0.2) is 0 Å². The minimum atomic E-state index is -0.964. The number of aliphatic carboxylic acids is 1. The molecule has 0 aliphatic heterocycles. The van der Waals surface area contributed by atoms with Gasteiger partial charge in [-0.3, -0.25) is 9.59 Å². The minimum Gasteiger partial charge on any atom is -0.496 e. The lowest BCUT2D eigenvalue weighted by Crippen LogP contribution is -2.52. The Morgan fingerprint density at radius 1 is 0.714 bits per heavy atom. The van der Waals surface area contributed by atoms with Crippen LogP contribution in [0.3, 0.4) is 0 Å². The molecule has 35 heavy (non-hydrogen) atoms. The molecule has 6 nitrogen and oxygen atoms in total. The number of carboxylic acid groups (broad SMARTS) is 1. The lowest BCUT2D eigenvalue weighted by Gasteiger charge is -2.49. The second kappa shape index (κ2) is 9.45. The minimum absolute atomic E-state index is 0.264. The zero-order valence-electron chi connectivity index (χ0n) is 19.7. The molecule has 1 saturated carbocycles. The molecule has 0 amide bonds. The summed E-state index contributed by atoms with van der Waals surface area (Å²) in [6.45, 7) is 0. The Morgan fingerprint density at radius 3 is 1.63 bits per heavy atom. The number of benzene rings is 3. The molecule has 180 valence electrons.